The highest BCUT2D eigenvalue weighted by Crippen LogP contribution is 2.31. The number of fused-ring (bicyclic) bond motifs is 2. The van der Waals surface area contributed by atoms with Gasteiger partial charge in [-0.1, -0.05) is 6.07 Å². The molecular weight excluding hydrogens is 292 g/mol. The van der Waals surface area contributed by atoms with Crippen molar-refractivity contribution in [1.29, 1.82) is 0 Å². The highest BCUT2D eigenvalue weighted by Gasteiger charge is 2.23. The van der Waals surface area contributed by atoms with Crippen molar-refractivity contribution in [3.05, 3.63) is 40.5 Å². The fourth-order valence-corrected chi connectivity index (χ4v) is 3.73. The van der Waals surface area contributed by atoms with Crippen molar-refractivity contribution in [3.63, 3.8) is 0 Å². The van der Waals surface area contributed by atoms with Crippen LogP contribution in [0.4, 0.5) is 0 Å². The van der Waals surface area contributed by atoms with Gasteiger partial charge in [0.05, 0.1) is 13.7 Å². The van der Waals surface area contributed by atoms with E-state index in [4.69, 9.17) is 4.74 Å². The molecule has 2 aromatic rings. The zero-order chi connectivity index (χ0) is 15.8. The quantitative estimate of drug-likeness (QED) is 0.921. The Balaban J connectivity index is 1.55. The molecule has 0 radical (unpaired) electrons. The first kappa shape index (κ1) is 14.7. The summed E-state index contributed by atoms with van der Waals surface area (Å²) in [6.07, 6.45) is 3.60. The van der Waals surface area contributed by atoms with E-state index in [1.54, 1.807) is 7.11 Å². The lowest BCUT2D eigenvalue weighted by Gasteiger charge is -2.28. The van der Waals surface area contributed by atoms with Gasteiger partial charge in [-0.2, -0.15) is 0 Å². The van der Waals surface area contributed by atoms with Gasteiger partial charge in [-0.05, 0) is 36.5 Å². The first-order valence-electron chi connectivity index (χ1n) is 8.21. The predicted octanol–water partition coefficient (Wildman–Crippen LogP) is 1.28. The number of hydrogen-bond donors (Lipinski definition) is 1. The number of hydrogen-bond acceptors (Lipinski definition) is 5. The van der Waals surface area contributed by atoms with Gasteiger partial charge in [0.25, 0.3) is 0 Å². The van der Waals surface area contributed by atoms with Crippen molar-refractivity contribution < 1.29 is 9.84 Å². The van der Waals surface area contributed by atoms with Crippen LogP contribution in [-0.2, 0) is 39.1 Å². The fraction of sp³-hybridized carbons (Fsp3) is 0.529. The largest absolute Gasteiger partial charge is 0.496 e. The average Bonchev–Trinajstić information content (AvgIpc) is 3.19. The van der Waals surface area contributed by atoms with E-state index in [0.717, 1.165) is 37.8 Å². The number of rotatable bonds is 4. The molecule has 1 aliphatic heterocycles. The second-order valence-electron chi connectivity index (χ2n) is 6.34. The molecule has 0 bridgehead atoms. The summed E-state index contributed by atoms with van der Waals surface area (Å²) in [7, 11) is 1.75. The lowest BCUT2D eigenvalue weighted by molar-refractivity contribution is 0.197. The Hall–Kier alpha value is -1.92. The minimum atomic E-state index is -0.0500. The van der Waals surface area contributed by atoms with E-state index >= 15 is 0 Å². The number of aromatic nitrogens is 3. The van der Waals surface area contributed by atoms with Crippen LogP contribution >= 0.6 is 0 Å². The summed E-state index contributed by atoms with van der Waals surface area (Å²) < 4.78 is 7.63. The molecule has 6 nitrogen and oxygen atoms in total. The summed E-state index contributed by atoms with van der Waals surface area (Å²) in [5.74, 6) is 2.59. The number of benzene rings is 1. The number of methoxy groups -OCH3 is 1. The minimum absolute atomic E-state index is 0.0500. The Labute approximate surface area is 135 Å². The Morgan fingerprint density at radius 3 is 2.78 bits per heavy atom. The molecule has 23 heavy (non-hydrogen) atoms. The second-order valence-corrected chi connectivity index (χ2v) is 6.34. The van der Waals surface area contributed by atoms with Gasteiger partial charge in [0.2, 0.25) is 0 Å². The maximum absolute atomic E-state index is 9.29. The number of ether oxygens (including phenoxy) is 1. The molecule has 0 unspecified atom stereocenters. The topological polar surface area (TPSA) is 63.4 Å². The molecule has 6 heteroatoms. The minimum Gasteiger partial charge on any atom is -0.496 e. The van der Waals surface area contributed by atoms with Crippen LogP contribution in [0.1, 0.15) is 34.8 Å². The van der Waals surface area contributed by atoms with E-state index < -0.39 is 0 Å². The predicted molar refractivity (Wildman–Crippen MR) is 85.1 cm³/mol. The molecule has 0 saturated heterocycles. The van der Waals surface area contributed by atoms with Crippen molar-refractivity contribution in [2.45, 2.75) is 45.5 Å². The highest BCUT2D eigenvalue weighted by atomic mass is 16.5. The van der Waals surface area contributed by atoms with Gasteiger partial charge in [-0.15, -0.1) is 10.2 Å². The van der Waals surface area contributed by atoms with E-state index in [2.05, 4.69) is 27.2 Å². The lowest BCUT2D eigenvalue weighted by atomic mass is 10.0. The van der Waals surface area contributed by atoms with Crippen molar-refractivity contribution in [1.82, 2.24) is 19.7 Å². The van der Waals surface area contributed by atoms with E-state index in [1.807, 2.05) is 4.57 Å². The monoisotopic (exact) mass is 314 g/mol. The lowest BCUT2D eigenvalue weighted by Crippen LogP contribution is -2.34. The van der Waals surface area contributed by atoms with E-state index in [0.29, 0.717) is 5.82 Å². The summed E-state index contributed by atoms with van der Waals surface area (Å²) in [5, 5.41) is 17.5. The third-order valence-corrected chi connectivity index (χ3v) is 4.94. The molecule has 0 saturated carbocycles. The van der Waals surface area contributed by atoms with Gasteiger partial charge >= 0.3 is 0 Å². The summed E-state index contributed by atoms with van der Waals surface area (Å²) >= 11 is 0. The van der Waals surface area contributed by atoms with Gasteiger partial charge < -0.3 is 14.4 Å². The standard InChI is InChI=1S/C17H22N4O2/c1-23-15-8-13-4-2-3-12(13)7-14(15)9-20-5-6-21-16(10-20)18-19-17(21)11-22/h7-8,22H,2-6,9-11H2,1H3. The number of aliphatic hydroxyl groups excluding tert-OH is 1. The van der Waals surface area contributed by atoms with Crippen molar-refractivity contribution in [2.24, 2.45) is 0 Å². The Morgan fingerprint density at radius 2 is 2.00 bits per heavy atom. The molecule has 0 spiro atoms. The zero-order valence-corrected chi connectivity index (χ0v) is 13.5. The Bertz CT molecular complexity index is 726. The first-order valence-corrected chi connectivity index (χ1v) is 8.21. The number of aliphatic hydroxyl groups is 1. The van der Waals surface area contributed by atoms with E-state index in [-0.39, 0.29) is 6.61 Å². The van der Waals surface area contributed by atoms with Gasteiger partial charge in [0.15, 0.2) is 5.82 Å². The Kier molecular flexibility index (Phi) is 3.79. The molecule has 0 fully saturated rings. The van der Waals surface area contributed by atoms with Crippen LogP contribution < -0.4 is 4.74 Å². The molecule has 1 aliphatic carbocycles. The highest BCUT2D eigenvalue weighted by molar-refractivity contribution is 5.44. The van der Waals surface area contributed by atoms with Crippen LogP contribution in [0.5, 0.6) is 5.75 Å². The van der Waals surface area contributed by atoms with Crippen LogP contribution in [0.3, 0.4) is 0 Å². The third-order valence-electron chi connectivity index (χ3n) is 4.94. The maximum atomic E-state index is 9.29. The van der Waals surface area contributed by atoms with Crippen molar-refractivity contribution in [2.75, 3.05) is 13.7 Å². The number of aryl methyl sites for hydroxylation is 2. The van der Waals surface area contributed by atoms with Gasteiger partial charge in [-0.25, -0.2) is 0 Å². The molecular formula is C17H22N4O2. The third kappa shape index (κ3) is 2.62. The zero-order valence-electron chi connectivity index (χ0n) is 13.5. The summed E-state index contributed by atoms with van der Waals surface area (Å²) in [5.41, 5.74) is 4.17. The molecule has 2 heterocycles. The van der Waals surface area contributed by atoms with Crippen LogP contribution in [0.25, 0.3) is 0 Å². The molecule has 1 aromatic carbocycles. The fourth-order valence-electron chi connectivity index (χ4n) is 3.73. The first-order chi connectivity index (χ1) is 11.3. The van der Waals surface area contributed by atoms with Gasteiger partial charge in [-0.3, -0.25) is 4.90 Å². The molecule has 0 atom stereocenters. The van der Waals surface area contributed by atoms with Crippen molar-refractivity contribution in [3.8, 4) is 5.75 Å². The molecule has 0 amide bonds. The van der Waals surface area contributed by atoms with Crippen LogP contribution in [0.2, 0.25) is 0 Å². The Morgan fingerprint density at radius 1 is 1.17 bits per heavy atom. The second kappa shape index (κ2) is 5.94. The smallest absolute Gasteiger partial charge is 0.158 e. The van der Waals surface area contributed by atoms with E-state index in [1.165, 1.54) is 36.0 Å². The molecule has 2 aliphatic rings. The normalized spacial score (nSPS) is 17.1. The maximum Gasteiger partial charge on any atom is 0.158 e. The van der Waals surface area contributed by atoms with Gasteiger partial charge in [0, 0.05) is 25.2 Å². The summed E-state index contributed by atoms with van der Waals surface area (Å²) in [4.78, 5) is 2.37. The van der Waals surface area contributed by atoms with Crippen LogP contribution in [-0.4, -0.2) is 38.4 Å². The molecule has 1 aromatic heterocycles. The van der Waals surface area contributed by atoms with Crippen molar-refractivity contribution >= 4 is 0 Å². The average molecular weight is 314 g/mol. The van der Waals surface area contributed by atoms with E-state index in [9.17, 15) is 5.11 Å². The summed E-state index contributed by atoms with van der Waals surface area (Å²) in [6, 6.07) is 4.54. The molecule has 122 valence electrons. The summed E-state index contributed by atoms with van der Waals surface area (Å²) in [6.45, 7) is 3.32. The van der Waals surface area contributed by atoms with Crippen LogP contribution in [0.15, 0.2) is 12.1 Å². The van der Waals surface area contributed by atoms with Crippen LogP contribution in [0, 0.1) is 0 Å². The van der Waals surface area contributed by atoms with Gasteiger partial charge in [0.1, 0.15) is 18.2 Å². The molecule has 4 rings (SSSR count). The SMILES string of the molecule is COc1cc2c(cc1CN1CCn3c(CO)nnc3C1)CCC2. The number of nitrogens with zero attached hydrogens (tertiary/aromatic N) is 4. The molecule has 1 N–H and O–H groups in total.